The lowest BCUT2D eigenvalue weighted by Crippen LogP contribution is -2.09. The van der Waals surface area contributed by atoms with E-state index in [9.17, 15) is 0 Å². The molecule has 0 aliphatic carbocycles. The molecule has 0 amide bonds. The van der Waals surface area contributed by atoms with Gasteiger partial charge in [-0.05, 0) is 30.7 Å². The zero-order valence-electron chi connectivity index (χ0n) is 7.82. The van der Waals surface area contributed by atoms with Crippen LogP contribution in [0.5, 0.6) is 0 Å². The summed E-state index contributed by atoms with van der Waals surface area (Å²) in [7, 11) is 0. The van der Waals surface area contributed by atoms with E-state index in [1.54, 1.807) is 0 Å². The molecule has 1 heterocycles. The Balaban J connectivity index is 1.97. The number of hydrogen-bond donors (Lipinski definition) is 0. The van der Waals surface area contributed by atoms with Gasteiger partial charge in [-0.25, -0.2) is 0 Å². The van der Waals surface area contributed by atoms with Crippen LogP contribution in [-0.2, 0) is 0 Å². The smallest absolute Gasteiger partial charge is 0.0173 e. The van der Waals surface area contributed by atoms with Crippen LogP contribution in [0.2, 0.25) is 0 Å². The van der Waals surface area contributed by atoms with Crippen molar-refractivity contribution >= 4 is 6.08 Å². The molecule has 1 aromatic rings. The molecule has 0 N–H and O–H groups in total. The third-order valence-electron chi connectivity index (χ3n) is 2.42. The van der Waals surface area contributed by atoms with Gasteiger partial charge in [0.15, 0.2) is 0 Å². The Bertz CT molecular complexity index is 270. The Morgan fingerprint density at radius 2 is 1.69 bits per heavy atom. The van der Waals surface area contributed by atoms with Gasteiger partial charge in [0.25, 0.3) is 0 Å². The number of nitrogens with zero attached hydrogens (tertiary/aromatic N) is 1. The Labute approximate surface area is 79.7 Å². The summed E-state index contributed by atoms with van der Waals surface area (Å²) >= 11 is 0. The van der Waals surface area contributed by atoms with Crippen molar-refractivity contribution in [2.75, 3.05) is 13.1 Å². The second-order valence-corrected chi connectivity index (χ2v) is 3.47. The standard InChI is InChI=1S/C12H15N/c1-2-6-12(7-3-1)8-11-13-9-4-5-10-13/h1-3,6-8,11H,4-5,9-10H2/b11-8+. The summed E-state index contributed by atoms with van der Waals surface area (Å²) in [6.07, 6.45) is 7.09. The van der Waals surface area contributed by atoms with E-state index in [4.69, 9.17) is 0 Å². The second kappa shape index (κ2) is 4.13. The van der Waals surface area contributed by atoms with Crippen LogP contribution >= 0.6 is 0 Å². The van der Waals surface area contributed by atoms with E-state index >= 15 is 0 Å². The van der Waals surface area contributed by atoms with E-state index in [2.05, 4.69) is 41.4 Å². The summed E-state index contributed by atoms with van der Waals surface area (Å²) in [4.78, 5) is 2.38. The average molecular weight is 173 g/mol. The summed E-state index contributed by atoms with van der Waals surface area (Å²) in [5, 5.41) is 0. The summed E-state index contributed by atoms with van der Waals surface area (Å²) in [6, 6.07) is 10.5. The minimum atomic E-state index is 1.23. The van der Waals surface area contributed by atoms with Gasteiger partial charge in [-0.3, -0.25) is 0 Å². The average Bonchev–Trinajstić information content (AvgIpc) is 2.69. The lowest BCUT2D eigenvalue weighted by atomic mass is 10.2. The SMILES string of the molecule is C(=C\N1CCCC1)/c1ccccc1. The molecule has 1 saturated heterocycles. The molecule has 2 rings (SSSR count). The van der Waals surface area contributed by atoms with Gasteiger partial charge in [0.1, 0.15) is 0 Å². The Morgan fingerprint density at radius 3 is 2.38 bits per heavy atom. The van der Waals surface area contributed by atoms with Gasteiger partial charge < -0.3 is 4.90 Å². The topological polar surface area (TPSA) is 3.24 Å². The molecule has 1 heteroatoms. The van der Waals surface area contributed by atoms with E-state index in [0.717, 1.165) is 0 Å². The van der Waals surface area contributed by atoms with E-state index < -0.39 is 0 Å². The zero-order chi connectivity index (χ0) is 8.93. The minimum absolute atomic E-state index is 1.23. The van der Waals surface area contributed by atoms with E-state index in [-0.39, 0.29) is 0 Å². The van der Waals surface area contributed by atoms with Gasteiger partial charge in [0.2, 0.25) is 0 Å². The molecule has 0 bridgehead atoms. The van der Waals surface area contributed by atoms with Crippen LogP contribution in [0.3, 0.4) is 0 Å². The van der Waals surface area contributed by atoms with Gasteiger partial charge in [0, 0.05) is 13.1 Å². The molecular weight excluding hydrogens is 158 g/mol. The third-order valence-corrected chi connectivity index (χ3v) is 2.42. The van der Waals surface area contributed by atoms with Gasteiger partial charge in [-0.2, -0.15) is 0 Å². The highest BCUT2D eigenvalue weighted by molar-refractivity contribution is 5.48. The zero-order valence-corrected chi connectivity index (χ0v) is 7.82. The molecule has 1 nitrogen and oxygen atoms in total. The van der Waals surface area contributed by atoms with Crippen molar-refractivity contribution in [3.63, 3.8) is 0 Å². The molecule has 0 aromatic heterocycles. The van der Waals surface area contributed by atoms with Crippen LogP contribution in [0.1, 0.15) is 18.4 Å². The van der Waals surface area contributed by atoms with Crippen LogP contribution in [0, 0.1) is 0 Å². The van der Waals surface area contributed by atoms with Crippen molar-refractivity contribution in [1.82, 2.24) is 4.90 Å². The van der Waals surface area contributed by atoms with Crippen molar-refractivity contribution < 1.29 is 0 Å². The molecule has 13 heavy (non-hydrogen) atoms. The number of benzene rings is 1. The summed E-state index contributed by atoms with van der Waals surface area (Å²) in [6.45, 7) is 2.45. The first-order chi connectivity index (χ1) is 6.45. The monoisotopic (exact) mass is 173 g/mol. The fourth-order valence-electron chi connectivity index (χ4n) is 1.65. The molecule has 0 saturated carbocycles. The molecule has 0 unspecified atom stereocenters. The third kappa shape index (κ3) is 2.35. The van der Waals surface area contributed by atoms with Crippen LogP contribution < -0.4 is 0 Å². The Hall–Kier alpha value is -1.24. The maximum absolute atomic E-state index is 2.38. The predicted molar refractivity (Wildman–Crippen MR) is 56.3 cm³/mol. The summed E-state index contributed by atoms with van der Waals surface area (Å²) in [5.41, 5.74) is 1.29. The first-order valence-electron chi connectivity index (χ1n) is 4.92. The second-order valence-electron chi connectivity index (χ2n) is 3.47. The highest BCUT2D eigenvalue weighted by Crippen LogP contribution is 2.09. The van der Waals surface area contributed by atoms with E-state index in [0.29, 0.717) is 0 Å². The van der Waals surface area contributed by atoms with Crippen molar-refractivity contribution in [1.29, 1.82) is 0 Å². The first-order valence-corrected chi connectivity index (χ1v) is 4.92. The highest BCUT2D eigenvalue weighted by atomic mass is 15.1. The van der Waals surface area contributed by atoms with Crippen LogP contribution in [0.4, 0.5) is 0 Å². The fourth-order valence-corrected chi connectivity index (χ4v) is 1.65. The van der Waals surface area contributed by atoms with E-state index in [1.165, 1.54) is 31.5 Å². The van der Waals surface area contributed by atoms with Crippen LogP contribution in [0.15, 0.2) is 36.5 Å². The highest BCUT2D eigenvalue weighted by Gasteiger charge is 2.05. The largest absolute Gasteiger partial charge is 0.377 e. The number of likely N-dealkylation sites (tertiary alicyclic amines) is 1. The van der Waals surface area contributed by atoms with Crippen molar-refractivity contribution in [2.45, 2.75) is 12.8 Å². The number of hydrogen-bond acceptors (Lipinski definition) is 1. The van der Waals surface area contributed by atoms with Crippen molar-refractivity contribution in [3.8, 4) is 0 Å². The molecule has 1 aliphatic heterocycles. The minimum Gasteiger partial charge on any atom is -0.377 e. The Kier molecular flexibility index (Phi) is 2.65. The maximum Gasteiger partial charge on any atom is 0.0173 e. The maximum atomic E-state index is 2.38. The summed E-state index contributed by atoms with van der Waals surface area (Å²) in [5.74, 6) is 0. The van der Waals surface area contributed by atoms with Gasteiger partial charge in [-0.1, -0.05) is 30.3 Å². The number of rotatable bonds is 2. The lowest BCUT2D eigenvalue weighted by molar-refractivity contribution is 0.471. The molecule has 0 radical (unpaired) electrons. The van der Waals surface area contributed by atoms with Crippen LogP contribution in [0.25, 0.3) is 6.08 Å². The van der Waals surface area contributed by atoms with Crippen LogP contribution in [-0.4, -0.2) is 18.0 Å². The fraction of sp³-hybridized carbons (Fsp3) is 0.333. The molecule has 0 atom stereocenters. The molecule has 1 fully saturated rings. The quantitative estimate of drug-likeness (QED) is 0.664. The van der Waals surface area contributed by atoms with Gasteiger partial charge in [0.05, 0.1) is 0 Å². The van der Waals surface area contributed by atoms with Crippen molar-refractivity contribution in [2.24, 2.45) is 0 Å². The lowest BCUT2D eigenvalue weighted by Gasteiger charge is -2.09. The predicted octanol–water partition coefficient (Wildman–Crippen LogP) is 2.75. The molecule has 1 aromatic carbocycles. The van der Waals surface area contributed by atoms with Gasteiger partial charge in [-0.15, -0.1) is 0 Å². The van der Waals surface area contributed by atoms with E-state index in [1.807, 2.05) is 6.07 Å². The summed E-state index contributed by atoms with van der Waals surface area (Å²) < 4.78 is 0. The molecule has 68 valence electrons. The molecule has 1 aliphatic rings. The van der Waals surface area contributed by atoms with Gasteiger partial charge >= 0.3 is 0 Å². The molecular formula is C12H15N. The molecule has 0 spiro atoms. The normalized spacial score (nSPS) is 17.1. The van der Waals surface area contributed by atoms with Crippen molar-refractivity contribution in [3.05, 3.63) is 42.1 Å². The Morgan fingerprint density at radius 1 is 1.00 bits per heavy atom. The first kappa shape index (κ1) is 8.36.